The summed E-state index contributed by atoms with van der Waals surface area (Å²) < 4.78 is 52.2. The minimum absolute atomic E-state index is 0.183. The molecule has 0 spiro atoms. The number of hydrogen-bond donors (Lipinski definition) is 4. The standard InChI is InChI=1S/C21H31F3N6O3/c22-21(23,24)33-17-7-5-15(6-8-17)18-28-19(27-16-3-1-2-4-16)30-20(26,29-18)9-11-31-13-14-32-12-10-25/h5-8,16H,1-4,9-14,25-26H2,(H2,27,28,29,30). The zero-order valence-electron chi connectivity index (χ0n) is 18.4. The van der Waals surface area contributed by atoms with Gasteiger partial charge in [-0.3, -0.25) is 5.73 Å². The van der Waals surface area contributed by atoms with Gasteiger partial charge >= 0.3 is 6.36 Å². The molecule has 0 amide bonds. The Bertz CT molecular complexity index is 812. The Morgan fingerprint density at radius 3 is 2.36 bits per heavy atom. The molecule has 1 atom stereocenters. The van der Waals surface area contributed by atoms with Crippen molar-refractivity contribution in [1.82, 2.24) is 10.6 Å². The van der Waals surface area contributed by atoms with Crippen molar-refractivity contribution in [3.05, 3.63) is 29.8 Å². The number of nitrogens with one attached hydrogen (secondary N) is 2. The van der Waals surface area contributed by atoms with E-state index >= 15 is 0 Å². The van der Waals surface area contributed by atoms with E-state index in [4.69, 9.17) is 25.9 Å². The highest BCUT2D eigenvalue weighted by Crippen LogP contribution is 2.24. The van der Waals surface area contributed by atoms with Crippen LogP contribution in [0.25, 0.3) is 0 Å². The van der Waals surface area contributed by atoms with Crippen LogP contribution >= 0.6 is 0 Å². The van der Waals surface area contributed by atoms with E-state index in [1.54, 1.807) is 0 Å². The molecule has 9 nitrogen and oxygen atoms in total. The molecule has 184 valence electrons. The third kappa shape index (κ3) is 8.46. The molecule has 1 aromatic carbocycles. The molecule has 1 aliphatic carbocycles. The molecule has 1 aromatic rings. The van der Waals surface area contributed by atoms with Crippen molar-refractivity contribution in [3.63, 3.8) is 0 Å². The van der Waals surface area contributed by atoms with Crippen molar-refractivity contribution in [2.75, 3.05) is 33.0 Å². The number of benzene rings is 1. The van der Waals surface area contributed by atoms with Crippen molar-refractivity contribution in [1.29, 1.82) is 0 Å². The monoisotopic (exact) mass is 472 g/mol. The fourth-order valence-corrected chi connectivity index (χ4v) is 3.59. The largest absolute Gasteiger partial charge is 0.573 e. The van der Waals surface area contributed by atoms with Crippen molar-refractivity contribution in [3.8, 4) is 5.75 Å². The quantitative estimate of drug-likeness (QED) is 0.362. The molecule has 33 heavy (non-hydrogen) atoms. The van der Waals surface area contributed by atoms with E-state index < -0.39 is 12.1 Å². The predicted molar refractivity (Wildman–Crippen MR) is 118 cm³/mol. The first-order chi connectivity index (χ1) is 15.8. The second-order valence-corrected chi connectivity index (χ2v) is 7.89. The predicted octanol–water partition coefficient (Wildman–Crippen LogP) is 1.82. The lowest BCUT2D eigenvalue weighted by Gasteiger charge is -2.34. The van der Waals surface area contributed by atoms with Crippen LogP contribution in [-0.4, -0.2) is 63.0 Å². The van der Waals surface area contributed by atoms with E-state index in [9.17, 15) is 13.2 Å². The molecule has 3 rings (SSSR count). The van der Waals surface area contributed by atoms with Crippen LogP contribution in [0.1, 0.15) is 37.7 Å². The second-order valence-electron chi connectivity index (χ2n) is 7.89. The summed E-state index contributed by atoms with van der Waals surface area (Å²) in [6, 6.07) is 5.60. The lowest BCUT2D eigenvalue weighted by molar-refractivity contribution is -0.274. The number of nitrogens with two attached hydrogens (primary N) is 2. The van der Waals surface area contributed by atoms with Gasteiger partial charge in [-0.2, -0.15) is 0 Å². The third-order valence-corrected chi connectivity index (χ3v) is 5.14. The van der Waals surface area contributed by atoms with Gasteiger partial charge in [0.2, 0.25) is 0 Å². The van der Waals surface area contributed by atoms with Crippen LogP contribution in [0.3, 0.4) is 0 Å². The van der Waals surface area contributed by atoms with E-state index in [0.717, 1.165) is 25.7 Å². The molecule has 1 fully saturated rings. The van der Waals surface area contributed by atoms with Gasteiger partial charge < -0.3 is 30.6 Å². The van der Waals surface area contributed by atoms with Gasteiger partial charge in [-0.1, -0.05) is 12.8 Å². The first kappa shape index (κ1) is 25.2. The number of amidine groups is 1. The number of hydrogen-bond acceptors (Lipinski definition) is 7. The lowest BCUT2D eigenvalue weighted by atomic mass is 10.1. The summed E-state index contributed by atoms with van der Waals surface area (Å²) in [5, 5.41) is 6.26. The Morgan fingerprint density at radius 2 is 1.73 bits per heavy atom. The molecule has 1 heterocycles. The first-order valence-corrected chi connectivity index (χ1v) is 11.0. The molecule has 1 unspecified atom stereocenters. The molecule has 0 aromatic heterocycles. The molecule has 6 N–H and O–H groups in total. The van der Waals surface area contributed by atoms with Gasteiger partial charge in [-0.15, -0.1) is 13.2 Å². The molecular formula is C21H31F3N6O3. The maximum absolute atomic E-state index is 12.5. The molecule has 1 saturated carbocycles. The van der Waals surface area contributed by atoms with Crippen molar-refractivity contribution in [2.24, 2.45) is 21.5 Å². The van der Waals surface area contributed by atoms with Crippen LogP contribution in [0.15, 0.2) is 34.3 Å². The fourth-order valence-electron chi connectivity index (χ4n) is 3.59. The number of guanidine groups is 1. The van der Waals surface area contributed by atoms with E-state index in [1.807, 2.05) is 0 Å². The fraction of sp³-hybridized carbons (Fsp3) is 0.619. The van der Waals surface area contributed by atoms with Gasteiger partial charge in [0.05, 0.1) is 32.5 Å². The van der Waals surface area contributed by atoms with E-state index in [1.165, 1.54) is 24.3 Å². The number of halogens is 3. The van der Waals surface area contributed by atoms with Gasteiger partial charge in [0.1, 0.15) is 11.6 Å². The summed E-state index contributed by atoms with van der Waals surface area (Å²) in [6.45, 7) is 2.07. The van der Waals surface area contributed by atoms with Crippen molar-refractivity contribution in [2.45, 2.75) is 50.3 Å². The summed E-state index contributed by atoms with van der Waals surface area (Å²) in [6.07, 6.45) is -0.185. The number of aliphatic imine (C=N–C) groups is 2. The van der Waals surface area contributed by atoms with Crippen LogP contribution in [0.4, 0.5) is 13.2 Å². The Morgan fingerprint density at radius 1 is 1.06 bits per heavy atom. The van der Waals surface area contributed by atoms with E-state index in [0.29, 0.717) is 56.8 Å². The van der Waals surface area contributed by atoms with Crippen LogP contribution < -0.4 is 26.8 Å². The van der Waals surface area contributed by atoms with Gasteiger partial charge in [-0.05, 0) is 37.1 Å². The number of alkyl halides is 3. The van der Waals surface area contributed by atoms with Crippen LogP contribution in [0.2, 0.25) is 0 Å². The normalized spacial score (nSPS) is 22.7. The smallest absolute Gasteiger partial charge is 0.406 e. The number of ether oxygens (including phenoxy) is 3. The molecule has 12 heteroatoms. The number of nitrogens with zero attached hydrogens (tertiary/aromatic N) is 2. The maximum Gasteiger partial charge on any atom is 0.573 e. The van der Waals surface area contributed by atoms with Crippen LogP contribution in [0.5, 0.6) is 5.75 Å². The van der Waals surface area contributed by atoms with E-state index in [-0.39, 0.29) is 11.8 Å². The Hall–Kier alpha value is -2.41. The third-order valence-electron chi connectivity index (χ3n) is 5.14. The maximum atomic E-state index is 12.5. The zero-order valence-corrected chi connectivity index (χ0v) is 18.4. The molecule has 2 aliphatic rings. The van der Waals surface area contributed by atoms with E-state index in [2.05, 4.69) is 20.4 Å². The highest BCUT2D eigenvalue weighted by Gasteiger charge is 2.33. The molecule has 0 bridgehead atoms. The molecule has 0 radical (unpaired) electrons. The summed E-state index contributed by atoms with van der Waals surface area (Å²) in [7, 11) is 0. The highest BCUT2D eigenvalue weighted by atomic mass is 19.4. The van der Waals surface area contributed by atoms with Crippen molar-refractivity contribution < 1.29 is 27.4 Å². The summed E-state index contributed by atoms with van der Waals surface area (Å²) in [5.74, 6) is -0.629. The van der Waals surface area contributed by atoms with Gasteiger partial charge in [-0.25, -0.2) is 9.98 Å². The Balaban J connectivity index is 1.70. The Labute approximate surface area is 190 Å². The Kier molecular flexibility index (Phi) is 8.89. The average Bonchev–Trinajstić information content (AvgIpc) is 3.25. The minimum Gasteiger partial charge on any atom is -0.406 e. The van der Waals surface area contributed by atoms with Gasteiger partial charge in [0.25, 0.3) is 0 Å². The molecule has 1 aliphatic heterocycles. The van der Waals surface area contributed by atoms with Crippen molar-refractivity contribution >= 4 is 11.8 Å². The lowest BCUT2D eigenvalue weighted by Crippen LogP contribution is -2.64. The molecular weight excluding hydrogens is 441 g/mol. The highest BCUT2D eigenvalue weighted by molar-refractivity contribution is 6.10. The van der Waals surface area contributed by atoms with Crippen LogP contribution in [0, 0.1) is 0 Å². The summed E-state index contributed by atoms with van der Waals surface area (Å²) in [4.78, 5) is 9.30. The zero-order chi connectivity index (χ0) is 23.7. The SMILES string of the molecule is NCCOCCOCCC1(N)N=C(c2ccc(OC(F)(F)F)cc2)NC(=NC2CCCC2)N1. The average molecular weight is 473 g/mol. The molecule has 0 saturated heterocycles. The topological polar surface area (TPSA) is 129 Å². The van der Waals surface area contributed by atoms with Crippen LogP contribution in [-0.2, 0) is 9.47 Å². The van der Waals surface area contributed by atoms with Gasteiger partial charge in [0, 0.05) is 18.5 Å². The summed E-state index contributed by atoms with van der Waals surface area (Å²) >= 11 is 0. The minimum atomic E-state index is -4.76. The van der Waals surface area contributed by atoms with Gasteiger partial charge in [0.15, 0.2) is 11.7 Å². The summed E-state index contributed by atoms with van der Waals surface area (Å²) in [5.41, 5.74) is 12.4. The number of rotatable bonds is 11. The second kappa shape index (κ2) is 11.6. The first-order valence-electron chi connectivity index (χ1n) is 11.0.